The van der Waals surface area contributed by atoms with E-state index >= 15 is 0 Å². The fourth-order valence-electron chi connectivity index (χ4n) is 1.53. The quantitative estimate of drug-likeness (QED) is 0.890. The number of aliphatic hydroxyl groups is 1. The Labute approximate surface area is 97.3 Å². The number of rotatable bonds is 3. The minimum atomic E-state index is -0.863. The van der Waals surface area contributed by atoms with E-state index in [0.29, 0.717) is 17.8 Å². The summed E-state index contributed by atoms with van der Waals surface area (Å²) in [6.45, 7) is 2.00. The molecular weight excluding hydrogens is 226 g/mol. The molecule has 0 amide bonds. The van der Waals surface area contributed by atoms with Gasteiger partial charge in [-0.3, -0.25) is 0 Å². The predicted octanol–water partition coefficient (Wildman–Crippen LogP) is 2.26. The molecule has 3 nitrogen and oxygen atoms in total. The molecule has 2 rings (SSSR count). The Hall–Kier alpha value is -1.75. The highest BCUT2D eigenvalue weighted by atomic mass is 19.2. The molecule has 0 aliphatic rings. The third-order valence-corrected chi connectivity index (χ3v) is 2.43. The van der Waals surface area contributed by atoms with Crippen molar-refractivity contribution in [1.29, 1.82) is 0 Å². The Morgan fingerprint density at radius 3 is 2.71 bits per heavy atom. The van der Waals surface area contributed by atoms with E-state index in [1.54, 1.807) is 24.0 Å². The molecule has 0 bridgehead atoms. The Morgan fingerprint density at radius 1 is 1.35 bits per heavy atom. The number of aliphatic hydroxyl groups excluding tert-OH is 1. The molecule has 1 unspecified atom stereocenters. The first kappa shape index (κ1) is 11.7. The van der Waals surface area contributed by atoms with E-state index in [-0.39, 0.29) is 0 Å². The molecule has 0 radical (unpaired) electrons. The van der Waals surface area contributed by atoms with Crippen LogP contribution in [0.5, 0.6) is 0 Å². The van der Waals surface area contributed by atoms with Crippen LogP contribution < -0.4 is 0 Å². The van der Waals surface area contributed by atoms with E-state index in [4.69, 9.17) is 0 Å². The molecule has 1 atom stereocenters. The summed E-state index contributed by atoms with van der Waals surface area (Å²) in [7, 11) is 0. The van der Waals surface area contributed by atoms with Crippen molar-refractivity contribution in [3.05, 3.63) is 53.6 Å². The number of imidazole rings is 1. The highest BCUT2D eigenvalue weighted by molar-refractivity contribution is 5.18. The van der Waals surface area contributed by atoms with Crippen LogP contribution >= 0.6 is 0 Å². The molecule has 0 fully saturated rings. The number of halogens is 2. The van der Waals surface area contributed by atoms with E-state index in [1.807, 2.05) is 0 Å². The Bertz CT molecular complexity index is 523. The topological polar surface area (TPSA) is 38.0 Å². The number of benzene rings is 1. The van der Waals surface area contributed by atoms with Gasteiger partial charge in [-0.15, -0.1) is 0 Å². The first-order valence-corrected chi connectivity index (χ1v) is 5.20. The van der Waals surface area contributed by atoms with Gasteiger partial charge in [0.2, 0.25) is 0 Å². The van der Waals surface area contributed by atoms with Gasteiger partial charge in [-0.1, -0.05) is 6.07 Å². The summed E-state index contributed by atoms with van der Waals surface area (Å²) in [5.74, 6) is -1.72. The minimum absolute atomic E-state index is 0.386. The second kappa shape index (κ2) is 4.63. The second-order valence-electron chi connectivity index (χ2n) is 3.90. The zero-order valence-corrected chi connectivity index (χ0v) is 9.27. The zero-order chi connectivity index (χ0) is 12.4. The van der Waals surface area contributed by atoms with Crippen molar-refractivity contribution in [2.24, 2.45) is 0 Å². The van der Waals surface area contributed by atoms with Gasteiger partial charge in [0, 0.05) is 12.7 Å². The van der Waals surface area contributed by atoms with E-state index in [0.717, 1.165) is 12.1 Å². The van der Waals surface area contributed by atoms with E-state index in [9.17, 15) is 13.9 Å². The molecule has 1 heterocycles. The summed E-state index contributed by atoms with van der Waals surface area (Å²) < 4.78 is 27.4. The molecule has 0 saturated heterocycles. The van der Waals surface area contributed by atoms with Crippen LogP contribution in [0.1, 0.15) is 24.3 Å². The van der Waals surface area contributed by atoms with Gasteiger partial charge >= 0.3 is 0 Å². The molecule has 0 aliphatic carbocycles. The van der Waals surface area contributed by atoms with Crippen LogP contribution in [0.4, 0.5) is 8.78 Å². The van der Waals surface area contributed by atoms with Crippen molar-refractivity contribution in [3.8, 4) is 0 Å². The second-order valence-corrected chi connectivity index (χ2v) is 3.90. The van der Waals surface area contributed by atoms with Crippen molar-refractivity contribution >= 4 is 0 Å². The van der Waals surface area contributed by atoms with E-state index in [1.165, 1.54) is 6.07 Å². The molecule has 0 spiro atoms. The summed E-state index contributed by atoms with van der Waals surface area (Å²) in [5.41, 5.74) is 1.19. The van der Waals surface area contributed by atoms with Gasteiger partial charge in [0.15, 0.2) is 11.6 Å². The molecule has 1 aromatic heterocycles. The maximum Gasteiger partial charge on any atom is 0.159 e. The third-order valence-electron chi connectivity index (χ3n) is 2.43. The van der Waals surface area contributed by atoms with E-state index < -0.39 is 17.7 Å². The Morgan fingerprint density at radius 2 is 2.12 bits per heavy atom. The predicted molar refractivity (Wildman–Crippen MR) is 58.3 cm³/mol. The molecular formula is C12H12F2N2O. The molecule has 0 saturated carbocycles. The molecule has 5 heteroatoms. The Kier molecular flexibility index (Phi) is 3.19. The molecule has 2 aromatic rings. The van der Waals surface area contributed by atoms with Gasteiger partial charge in [-0.25, -0.2) is 13.8 Å². The van der Waals surface area contributed by atoms with Crippen LogP contribution in [0, 0.1) is 11.6 Å². The van der Waals surface area contributed by atoms with Crippen molar-refractivity contribution in [3.63, 3.8) is 0 Å². The summed E-state index contributed by atoms with van der Waals surface area (Å²) in [5, 5.41) is 9.30. The van der Waals surface area contributed by atoms with Crippen LogP contribution in [0.2, 0.25) is 0 Å². The standard InChI is InChI=1S/C12H12F2N2O/c1-8(17)12-6-16(7-15-12)5-9-2-3-10(13)11(14)4-9/h2-4,6-8,17H,5H2,1H3. The van der Waals surface area contributed by atoms with Crippen molar-refractivity contribution in [2.75, 3.05) is 0 Å². The largest absolute Gasteiger partial charge is 0.387 e. The lowest BCUT2D eigenvalue weighted by atomic mass is 10.2. The maximum atomic E-state index is 13.0. The summed E-state index contributed by atoms with van der Waals surface area (Å²) in [6.07, 6.45) is 2.58. The number of hydrogen-bond acceptors (Lipinski definition) is 2. The number of nitrogens with zero attached hydrogens (tertiary/aromatic N) is 2. The lowest BCUT2D eigenvalue weighted by molar-refractivity contribution is 0.195. The first-order chi connectivity index (χ1) is 8.06. The van der Waals surface area contributed by atoms with Crippen LogP contribution in [0.15, 0.2) is 30.7 Å². The SMILES string of the molecule is CC(O)c1cn(Cc2ccc(F)c(F)c2)cn1. The minimum Gasteiger partial charge on any atom is -0.387 e. The number of hydrogen-bond donors (Lipinski definition) is 1. The molecule has 0 aliphatic heterocycles. The molecule has 1 N–H and O–H groups in total. The summed E-state index contributed by atoms with van der Waals surface area (Å²) in [6, 6.07) is 3.76. The fraction of sp³-hybridized carbons (Fsp3) is 0.250. The zero-order valence-electron chi connectivity index (χ0n) is 9.27. The van der Waals surface area contributed by atoms with Gasteiger partial charge in [0.25, 0.3) is 0 Å². The van der Waals surface area contributed by atoms with Crippen LogP contribution in [-0.2, 0) is 6.54 Å². The highest BCUT2D eigenvalue weighted by Crippen LogP contribution is 2.12. The van der Waals surface area contributed by atoms with Gasteiger partial charge in [-0.2, -0.15) is 0 Å². The maximum absolute atomic E-state index is 13.0. The van der Waals surface area contributed by atoms with Gasteiger partial charge < -0.3 is 9.67 Å². The van der Waals surface area contributed by atoms with Crippen molar-refractivity contribution in [1.82, 2.24) is 9.55 Å². The van der Waals surface area contributed by atoms with Crippen LogP contribution in [0.3, 0.4) is 0 Å². The van der Waals surface area contributed by atoms with Crippen LogP contribution in [0.25, 0.3) is 0 Å². The Balaban J connectivity index is 2.16. The average Bonchev–Trinajstić information content (AvgIpc) is 2.72. The highest BCUT2D eigenvalue weighted by Gasteiger charge is 2.06. The van der Waals surface area contributed by atoms with Gasteiger partial charge in [0.05, 0.1) is 18.1 Å². The van der Waals surface area contributed by atoms with Gasteiger partial charge in [0.1, 0.15) is 0 Å². The lowest BCUT2D eigenvalue weighted by Gasteiger charge is -2.03. The monoisotopic (exact) mass is 238 g/mol. The van der Waals surface area contributed by atoms with Gasteiger partial charge in [-0.05, 0) is 24.6 Å². The normalized spacial score (nSPS) is 12.7. The first-order valence-electron chi connectivity index (χ1n) is 5.20. The third kappa shape index (κ3) is 2.68. The fourth-order valence-corrected chi connectivity index (χ4v) is 1.53. The van der Waals surface area contributed by atoms with Crippen LogP contribution in [-0.4, -0.2) is 14.7 Å². The molecule has 90 valence electrons. The summed E-state index contributed by atoms with van der Waals surface area (Å²) >= 11 is 0. The average molecular weight is 238 g/mol. The van der Waals surface area contributed by atoms with Crippen molar-refractivity contribution < 1.29 is 13.9 Å². The number of aromatic nitrogens is 2. The van der Waals surface area contributed by atoms with Crippen molar-refractivity contribution in [2.45, 2.75) is 19.6 Å². The lowest BCUT2D eigenvalue weighted by Crippen LogP contribution is -1.98. The smallest absolute Gasteiger partial charge is 0.159 e. The van der Waals surface area contributed by atoms with E-state index in [2.05, 4.69) is 4.98 Å². The summed E-state index contributed by atoms with van der Waals surface area (Å²) in [4.78, 5) is 4.00. The molecule has 17 heavy (non-hydrogen) atoms. The molecule has 1 aromatic carbocycles.